The summed E-state index contributed by atoms with van der Waals surface area (Å²) in [5.41, 5.74) is 11.9. The standard InChI is InChI=1S/C55H39N7/c56-54(60-55(40-21-15-31-58-36-40)59-35-37-16-14-30-57-34-37)41-32-46(38-17-4-1-5-18-38)52(47(33-41)39-19-6-2-7-20-39)62-49-27-13-11-25-45(49)51-50(62)29-28-44-43-24-10-12-26-48(43)61(53(44)51)42-22-8-3-9-23-42/h1-22,24-36,42,56H,23H2. The first kappa shape index (κ1) is 36.8. The van der Waals surface area contributed by atoms with E-state index in [1.54, 1.807) is 31.0 Å². The van der Waals surface area contributed by atoms with Crippen LogP contribution in [0.4, 0.5) is 0 Å². The SMILES string of the molecule is N=C(N=C(N=Cc1cccnc1)c1cccnc1)c1cc(-c2ccccc2)c(-n2c3ccccc3c3c2ccc2c4ccccc4n(C4C=CC=CC4)c23)c(-c2ccccc2)c1. The largest absolute Gasteiger partial charge is 0.333 e. The zero-order valence-corrected chi connectivity index (χ0v) is 33.7. The Bertz CT molecular complexity index is 3370. The van der Waals surface area contributed by atoms with Crippen LogP contribution in [0.15, 0.2) is 217 Å². The van der Waals surface area contributed by atoms with Crippen molar-refractivity contribution in [2.75, 3.05) is 0 Å². The topological polar surface area (TPSA) is 84.2 Å². The van der Waals surface area contributed by atoms with Gasteiger partial charge in [0.05, 0.1) is 28.3 Å². The van der Waals surface area contributed by atoms with E-state index in [9.17, 15) is 5.41 Å². The van der Waals surface area contributed by atoms with Crippen LogP contribution in [-0.4, -0.2) is 37.0 Å². The van der Waals surface area contributed by atoms with Crippen LogP contribution in [0.5, 0.6) is 0 Å². The van der Waals surface area contributed by atoms with Crippen molar-refractivity contribution in [2.45, 2.75) is 12.5 Å². The number of aliphatic imine (C=N–C) groups is 2. The lowest BCUT2D eigenvalue weighted by Crippen LogP contribution is -2.08. The second kappa shape index (κ2) is 15.7. The second-order valence-corrected chi connectivity index (χ2v) is 15.4. The summed E-state index contributed by atoms with van der Waals surface area (Å²) in [5.74, 6) is 0.458. The average molecular weight is 798 g/mol. The fourth-order valence-corrected chi connectivity index (χ4v) is 9.00. The van der Waals surface area contributed by atoms with Crippen molar-refractivity contribution in [3.63, 3.8) is 0 Å². The molecule has 7 nitrogen and oxygen atoms in total. The molecule has 62 heavy (non-hydrogen) atoms. The minimum Gasteiger partial charge on any atom is -0.333 e. The lowest BCUT2D eigenvalue weighted by Gasteiger charge is -2.21. The van der Waals surface area contributed by atoms with E-state index < -0.39 is 0 Å². The van der Waals surface area contributed by atoms with Crippen LogP contribution in [0.2, 0.25) is 0 Å². The maximum Gasteiger partial charge on any atom is 0.163 e. The first-order valence-corrected chi connectivity index (χ1v) is 20.8. The van der Waals surface area contributed by atoms with Gasteiger partial charge in [-0.2, -0.15) is 0 Å². The molecule has 4 aromatic heterocycles. The lowest BCUT2D eigenvalue weighted by atomic mass is 9.92. The van der Waals surface area contributed by atoms with Gasteiger partial charge in [0.15, 0.2) is 11.7 Å². The van der Waals surface area contributed by atoms with Gasteiger partial charge in [-0.25, -0.2) is 9.98 Å². The molecule has 1 unspecified atom stereocenters. The van der Waals surface area contributed by atoms with Crippen LogP contribution in [-0.2, 0) is 0 Å². The van der Waals surface area contributed by atoms with E-state index >= 15 is 0 Å². The molecule has 0 saturated carbocycles. The van der Waals surface area contributed by atoms with Crippen molar-refractivity contribution in [1.82, 2.24) is 19.1 Å². The highest BCUT2D eigenvalue weighted by molar-refractivity contribution is 6.26. The fourth-order valence-electron chi connectivity index (χ4n) is 9.00. The zero-order chi connectivity index (χ0) is 41.4. The summed E-state index contributed by atoms with van der Waals surface area (Å²) in [6, 6.07) is 55.1. The highest BCUT2D eigenvalue weighted by atomic mass is 15.0. The van der Waals surface area contributed by atoms with E-state index in [-0.39, 0.29) is 11.9 Å². The van der Waals surface area contributed by atoms with Gasteiger partial charge in [0.2, 0.25) is 0 Å². The molecule has 1 N–H and O–H groups in total. The van der Waals surface area contributed by atoms with Gasteiger partial charge in [-0.15, -0.1) is 0 Å². The highest BCUT2D eigenvalue weighted by Crippen LogP contribution is 2.46. The normalized spacial score (nSPS) is 14.2. The van der Waals surface area contributed by atoms with Crippen molar-refractivity contribution in [3.8, 4) is 27.9 Å². The van der Waals surface area contributed by atoms with E-state index in [0.29, 0.717) is 17.0 Å². The van der Waals surface area contributed by atoms with Gasteiger partial charge < -0.3 is 9.13 Å². The van der Waals surface area contributed by atoms with Gasteiger partial charge in [-0.3, -0.25) is 15.4 Å². The van der Waals surface area contributed by atoms with Gasteiger partial charge in [-0.05, 0) is 66.1 Å². The van der Waals surface area contributed by atoms with Crippen LogP contribution >= 0.6 is 0 Å². The van der Waals surface area contributed by atoms with Gasteiger partial charge in [0.25, 0.3) is 0 Å². The molecule has 1 aliphatic rings. The first-order valence-electron chi connectivity index (χ1n) is 20.8. The molecule has 0 fully saturated rings. The van der Waals surface area contributed by atoms with Crippen molar-refractivity contribution in [1.29, 1.82) is 5.41 Å². The van der Waals surface area contributed by atoms with Crippen LogP contribution in [0.3, 0.4) is 0 Å². The Kier molecular flexibility index (Phi) is 9.32. The quantitative estimate of drug-likeness (QED) is 0.129. The van der Waals surface area contributed by atoms with E-state index in [0.717, 1.165) is 51.0 Å². The third-order valence-electron chi connectivity index (χ3n) is 11.7. The van der Waals surface area contributed by atoms with Crippen molar-refractivity contribution in [3.05, 3.63) is 224 Å². The lowest BCUT2D eigenvalue weighted by molar-refractivity contribution is 0.649. The second-order valence-electron chi connectivity index (χ2n) is 15.4. The maximum absolute atomic E-state index is 9.67. The van der Waals surface area contributed by atoms with Gasteiger partial charge >= 0.3 is 0 Å². The minimum atomic E-state index is 0.0798. The molecule has 11 rings (SSSR count). The van der Waals surface area contributed by atoms with E-state index in [4.69, 9.17) is 9.98 Å². The Morgan fingerprint density at radius 3 is 1.97 bits per heavy atom. The third-order valence-corrected chi connectivity index (χ3v) is 11.7. The molecular formula is C55H39N7. The molecule has 0 bridgehead atoms. The summed E-state index contributed by atoms with van der Waals surface area (Å²) >= 11 is 0. The Labute approximate surface area is 358 Å². The van der Waals surface area contributed by atoms with Crippen molar-refractivity contribution < 1.29 is 0 Å². The summed E-state index contributed by atoms with van der Waals surface area (Å²) in [6.45, 7) is 0. The number of benzene rings is 6. The molecule has 0 aliphatic heterocycles. The molecule has 0 spiro atoms. The van der Waals surface area contributed by atoms with Gasteiger partial charge in [0, 0.05) is 85.9 Å². The van der Waals surface area contributed by atoms with Gasteiger partial charge in [-0.1, -0.05) is 133 Å². The number of aromatic nitrogens is 4. The van der Waals surface area contributed by atoms with Crippen LogP contribution in [0, 0.1) is 5.41 Å². The summed E-state index contributed by atoms with van der Waals surface area (Å²) in [6.07, 6.45) is 18.5. The van der Waals surface area contributed by atoms with E-state index in [1.165, 1.54) is 32.6 Å². The monoisotopic (exact) mass is 797 g/mol. The molecule has 10 aromatic rings. The number of para-hydroxylation sites is 2. The number of nitrogens with zero attached hydrogens (tertiary/aromatic N) is 6. The third kappa shape index (κ3) is 6.44. The average Bonchev–Trinajstić information content (AvgIpc) is 3.86. The molecule has 0 radical (unpaired) electrons. The van der Waals surface area contributed by atoms with Crippen LogP contribution < -0.4 is 0 Å². The number of pyridine rings is 2. The van der Waals surface area contributed by atoms with E-state index in [1.807, 2.05) is 36.4 Å². The number of allylic oxidation sites excluding steroid dienone is 4. The molecule has 7 heteroatoms. The molecule has 0 amide bonds. The fraction of sp³-hybridized carbons (Fsp3) is 0.0364. The number of fused-ring (bicyclic) bond motifs is 7. The van der Waals surface area contributed by atoms with Crippen molar-refractivity contribution in [2.24, 2.45) is 9.98 Å². The summed E-state index contributed by atoms with van der Waals surface area (Å²) in [7, 11) is 0. The highest BCUT2D eigenvalue weighted by Gasteiger charge is 2.26. The molecule has 294 valence electrons. The predicted octanol–water partition coefficient (Wildman–Crippen LogP) is 13.0. The first-order chi connectivity index (χ1) is 30.7. The molecule has 1 aliphatic carbocycles. The van der Waals surface area contributed by atoms with Crippen LogP contribution in [0.25, 0.3) is 71.6 Å². The molecule has 6 aromatic carbocycles. The maximum atomic E-state index is 9.67. The Morgan fingerprint density at radius 2 is 1.29 bits per heavy atom. The van der Waals surface area contributed by atoms with Crippen molar-refractivity contribution >= 4 is 61.5 Å². The van der Waals surface area contributed by atoms with Crippen LogP contribution in [0.1, 0.15) is 29.2 Å². The number of hydrogen-bond acceptors (Lipinski definition) is 3. The summed E-state index contributed by atoms with van der Waals surface area (Å²) in [4.78, 5) is 18.3. The Morgan fingerprint density at radius 1 is 0.613 bits per heavy atom. The number of hydrogen-bond donors (Lipinski definition) is 1. The molecule has 1 atom stereocenters. The molecule has 0 saturated heterocycles. The number of rotatable bonds is 7. The van der Waals surface area contributed by atoms with E-state index in [2.05, 4.69) is 165 Å². The molecule has 4 heterocycles. The Hall–Kier alpha value is -8.29. The Balaban J connectivity index is 1.21. The molecular weight excluding hydrogens is 759 g/mol. The van der Waals surface area contributed by atoms with Gasteiger partial charge in [0.1, 0.15) is 0 Å². The zero-order valence-electron chi connectivity index (χ0n) is 33.7. The number of amidine groups is 2. The minimum absolute atomic E-state index is 0.0798. The number of nitrogens with one attached hydrogen (secondary N) is 1. The summed E-state index contributed by atoms with van der Waals surface area (Å²) in [5, 5.41) is 14.5. The predicted molar refractivity (Wildman–Crippen MR) is 256 cm³/mol. The summed E-state index contributed by atoms with van der Waals surface area (Å²) < 4.78 is 5.00. The smallest absolute Gasteiger partial charge is 0.163 e.